The highest BCUT2D eigenvalue weighted by Crippen LogP contribution is 2.35. The average molecular weight is 443 g/mol. The quantitative estimate of drug-likeness (QED) is 0.327. The van der Waals surface area contributed by atoms with E-state index in [1.807, 2.05) is 66.7 Å². The first-order chi connectivity index (χ1) is 15.7. The number of carbonyl (C=O) groups is 1. The molecule has 7 nitrogen and oxygen atoms in total. The van der Waals surface area contributed by atoms with Gasteiger partial charge in [0.05, 0.1) is 12.0 Å². The third-order valence-electron chi connectivity index (χ3n) is 5.34. The van der Waals surface area contributed by atoms with Gasteiger partial charge in [-0.05, 0) is 36.4 Å². The number of hydrogen-bond acceptors (Lipinski definition) is 7. The van der Waals surface area contributed by atoms with E-state index >= 15 is 0 Å². The normalized spacial score (nSPS) is 16.2. The molecule has 0 saturated carbocycles. The van der Waals surface area contributed by atoms with Crippen LogP contribution < -0.4 is 0 Å². The summed E-state index contributed by atoms with van der Waals surface area (Å²) in [6, 6.07) is 20.6. The zero-order valence-electron chi connectivity index (χ0n) is 16.8. The molecule has 8 heteroatoms. The largest absolute Gasteiger partial charge is 0.467 e. The Morgan fingerprint density at radius 2 is 1.88 bits per heavy atom. The summed E-state index contributed by atoms with van der Waals surface area (Å²) in [5, 5.41) is 7.56. The lowest BCUT2D eigenvalue weighted by Crippen LogP contribution is -2.28. The van der Waals surface area contributed by atoms with Gasteiger partial charge in [-0.2, -0.15) is 5.10 Å². The van der Waals surface area contributed by atoms with Crippen LogP contribution in [0.2, 0.25) is 0 Å². The number of furan rings is 2. The van der Waals surface area contributed by atoms with Crippen molar-refractivity contribution in [2.45, 2.75) is 17.7 Å². The van der Waals surface area contributed by atoms with Crippen LogP contribution in [0.1, 0.15) is 24.0 Å². The minimum atomic E-state index is -0.329. The topological polar surface area (TPSA) is 85.0 Å². The smallest absolute Gasteiger partial charge is 0.257 e. The molecule has 0 fully saturated rings. The molecule has 0 bridgehead atoms. The van der Waals surface area contributed by atoms with Gasteiger partial charge < -0.3 is 13.3 Å². The van der Waals surface area contributed by atoms with Crippen molar-refractivity contribution in [2.75, 3.05) is 5.75 Å². The van der Waals surface area contributed by atoms with E-state index in [0.717, 1.165) is 16.5 Å². The molecule has 0 saturated heterocycles. The van der Waals surface area contributed by atoms with E-state index in [2.05, 4.69) is 10.1 Å². The third-order valence-corrected chi connectivity index (χ3v) is 6.15. The molecule has 158 valence electrons. The molecule has 1 aliphatic heterocycles. The Balaban J connectivity index is 1.26. The van der Waals surface area contributed by atoms with Crippen LogP contribution >= 0.6 is 11.8 Å². The Labute approximate surface area is 186 Å². The van der Waals surface area contributed by atoms with E-state index in [0.29, 0.717) is 34.5 Å². The van der Waals surface area contributed by atoms with Gasteiger partial charge in [-0.25, -0.2) is 9.99 Å². The van der Waals surface area contributed by atoms with Crippen LogP contribution in [-0.2, 0) is 4.79 Å². The number of benzene rings is 2. The van der Waals surface area contributed by atoms with Gasteiger partial charge in [0.15, 0.2) is 11.3 Å². The first-order valence-electron chi connectivity index (χ1n) is 10.1. The number of hydrazone groups is 1. The summed E-state index contributed by atoms with van der Waals surface area (Å²) < 4.78 is 17.3. The van der Waals surface area contributed by atoms with Crippen molar-refractivity contribution in [3.8, 4) is 0 Å². The monoisotopic (exact) mass is 443 g/mol. The number of rotatable bonds is 5. The molecular weight excluding hydrogens is 426 g/mol. The molecule has 4 heterocycles. The van der Waals surface area contributed by atoms with Gasteiger partial charge in [-0.1, -0.05) is 42.1 Å². The molecule has 32 heavy (non-hydrogen) atoms. The highest BCUT2D eigenvalue weighted by molar-refractivity contribution is 7.99. The fourth-order valence-electron chi connectivity index (χ4n) is 3.82. The van der Waals surface area contributed by atoms with E-state index < -0.39 is 0 Å². The number of fused-ring (bicyclic) bond motifs is 2. The first-order valence-corrected chi connectivity index (χ1v) is 11.1. The highest BCUT2D eigenvalue weighted by atomic mass is 32.2. The molecule has 0 aliphatic carbocycles. The summed E-state index contributed by atoms with van der Waals surface area (Å²) in [5.74, 6) is 1.32. The average Bonchev–Trinajstić information content (AvgIpc) is 3.60. The van der Waals surface area contributed by atoms with Crippen molar-refractivity contribution in [1.29, 1.82) is 0 Å². The predicted octanol–water partition coefficient (Wildman–Crippen LogP) is 5.64. The molecule has 0 N–H and O–H groups in total. The Bertz CT molecular complexity index is 1380. The molecule has 0 spiro atoms. The summed E-state index contributed by atoms with van der Waals surface area (Å²) in [4.78, 5) is 17.6. The Kier molecular flexibility index (Phi) is 4.57. The van der Waals surface area contributed by atoms with Gasteiger partial charge >= 0.3 is 0 Å². The SMILES string of the molecule is O=C(CSc1nc2ccccc2o1)N1N=C(c2cc3ccccc3o2)CC1c1ccco1. The zero-order chi connectivity index (χ0) is 21.5. The minimum absolute atomic E-state index is 0.140. The number of nitrogens with zero attached hydrogens (tertiary/aromatic N) is 3. The van der Waals surface area contributed by atoms with Crippen LogP contribution in [0.5, 0.6) is 0 Å². The van der Waals surface area contributed by atoms with Gasteiger partial charge in [-0.15, -0.1) is 0 Å². The summed E-state index contributed by atoms with van der Waals surface area (Å²) in [7, 11) is 0. The van der Waals surface area contributed by atoms with Crippen LogP contribution in [0.3, 0.4) is 0 Å². The van der Waals surface area contributed by atoms with Gasteiger partial charge in [-0.3, -0.25) is 4.79 Å². The van der Waals surface area contributed by atoms with Crippen molar-refractivity contribution >= 4 is 45.4 Å². The number of aromatic nitrogens is 1. The fraction of sp³-hybridized carbons (Fsp3) is 0.125. The molecule has 1 aliphatic rings. The van der Waals surface area contributed by atoms with Crippen LogP contribution in [0.4, 0.5) is 0 Å². The lowest BCUT2D eigenvalue weighted by Gasteiger charge is -2.19. The van der Waals surface area contributed by atoms with Crippen LogP contribution in [0, 0.1) is 0 Å². The van der Waals surface area contributed by atoms with Crippen molar-refractivity contribution in [3.05, 3.63) is 84.5 Å². The van der Waals surface area contributed by atoms with Gasteiger partial charge in [0.25, 0.3) is 11.1 Å². The lowest BCUT2D eigenvalue weighted by molar-refractivity contribution is -0.130. The number of para-hydroxylation sites is 3. The second kappa shape index (κ2) is 7.72. The maximum atomic E-state index is 13.1. The van der Waals surface area contributed by atoms with Crippen molar-refractivity contribution in [1.82, 2.24) is 9.99 Å². The summed E-state index contributed by atoms with van der Waals surface area (Å²) in [6.45, 7) is 0. The van der Waals surface area contributed by atoms with Crippen LogP contribution in [0.25, 0.3) is 22.1 Å². The summed E-state index contributed by atoms with van der Waals surface area (Å²) in [5.41, 5.74) is 2.96. The molecule has 6 rings (SSSR count). The Hall–Kier alpha value is -3.78. The number of oxazole rings is 1. The maximum Gasteiger partial charge on any atom is 0.257 e. The Morgan fingerprint density at radius 1 is 1.03 bits per heavy atom. The summed E-state index contributed by atoms with van der Waals surface area (Å²) >= 11 is 1.25. The number of amides is 1. The van der Waals surface area contributed by atoms with E-state index in [4.69, 9.17) is 13.3 Å². The second-order valence-corrected chi connectivity index (χ2v) is 8.33. The Morgan fingerprint density at radius 3 is 2.69 bits per heavy atom. The molecule has 2 aromatic carbocycles. The number of thioether (sulfide) groups is 1. The highest BCUT2D eigenvalue weighted by Gasteiger charge is 2.36. The predicted molar refractivity (Wildman–Crippen MR) is 120 cm³/mol. The van der Waals surface area contributed by atoms with E-state index in [9.17, 15) is 4.79 Å². The van der Waals surface area contributed by atoms with Crippen molar-refractivity contribution in [2.24, 2.45) is 5.10 Å². The summed E-state index contributed by atoms with van der Waals surface area (Å²) in [6.07, 6.45) is 2.11. The fourth-order valence-corrected chi connectivity index (χ4v) is 4.51. The van der Waals surface area contributed by atoms with E-state index in [1.54, 1.807) is 6.26 Å². The van der Waals surface area contributed by atoms with E-state index in [1.165, 1.54) is 16.8 Å². The molecular formula is C24H17N3O4S. The standard InChI is InChI=1S/C24H17N3O4S/c28-23(14-32-24-25-16-7-2-4-9-20(16)31-24)27-18(21-10-5-11-29-21)13-17(26-27)22-12-15-6-1-3-8-19(15)30-22/h1-12,18H,13-14H2. The maximum absolute atomic E-state index is 13.1. The van der Waals surface area contributed by atoms with Gasteiger partial charge in [0, 0.05) is 11.8 Å². The van der Waals surface area contributed by atoms with Crippen LogP contribution in [-0.4, -0.2) is 27.4 Å². The molecule has 0 radical (unpaired) electrons. The lowest BCUT2D eigenvalue weighted by atomic mass is 10.1. The van der Waals surface area contributed by atoms with E-state index in [-0.39, 0.29) is 17.7 Å². The van der Waals surface area contributed by atoms with Gasteiger partial charge in [0.1, 0.15) is 28.6 Å². The third kappa shape index (κ3) is 3.38. The van der Waals surface area contributed by atoms with Crippen molar-refractivity contribution in [3.63, 3.8) is 0 Å². The minimum Gasteiger partial charge on any atom is -0.467 e. The molecule has 5 aromatic rings. The number of carbonyl (C=O) groups excluding carboxylic acids is 1. The zero-order valence-corrected chi connectivity index (χ0v) is 17.6. The first kappa shape index (κ1) is 18.9. The van der Waals surface area contributed by atoms with Crippen molar-refractivity contribution < 1.29 is 18.0 Å². The van der Waals surface area contributed by atoms with Crippen LogP contribution in [0.15, 0.2) is 96.6 Å². The second-order valence-electron chi connectivity index (χ2n) is 7.40. The van der Waals surface area contributed by atoms with Gasteiger partial charge in [0.2, 0.25) is 0 Å². The molecule has 3 aromatic heterocycles. The number of hydrogen-bond donors (Lipinski definition) is 0. The molecule has 1 atom stereocenters. The molecule has 1 unspecified atom stereocenters. The molecule has 1 amide bonds.